The van der Waals surface area contributed by atoms with Crippen LogP contribution in [0.3, 0.4) is 0 Å². The number of rotatable bonds is 5. The summed E-state index contributed by atoms with van der Waals surface area (Å²) in [5, 5.41) is 11.5. The Hall–Kier alpha value is -2.89. The molecule has 0 fully saturated rings. The molecule has 1 aromatic heterocycles. The molecule has 0 saturated carbocycles. The summed E-state index contributed by atoms with van der Waals surface area (Å²) < 4.78 is 5.19. The summed E-state index contributed by atoms with van der Waals surface area (Å²) in [6.07, 6.45) is 2.56. The van der Waals surface area contributed by atoms with Gasteiger partial charge in [0.15, 0.2) is 6.61 Å². The minimum atomic E-state index is -1.10. The normalized spacial score (nSPS) is 9.80. The fraction of sp³-hybridized carbons (Fsp3) is 0.0714. The Morgan fingerprint density at radius 1 is 1.20 bits per heavy atom. The zero-order chi connectivity index (χ0) is 14.4. The van der Waals surface area contributed by atoms with Gasteiger partial charge in [-0.05, 0) is 18.2 Å². The minimum absolute atomic E-state index is 0.00553. The number of benzene rings is 1. The SMILES string of the molecule is O=C(COc1cncc(C(=O)O)c1)Nc1ccccc1. The van der Waals surface area contributed by atoms with Crippen LogP contribution in [0.5, 0.6) is 5.75 Å². The first-order valence-corrected chi connectivity index (χ1v) is 5.81. The van der Waals surface area contributed by atoms with Crippen LogP contribution < -0.4 is 10.1 Å². The molecule has 1 heterocycles. The lowest BCUT2D eigenvalue weighted by Crippen LogP contribution is -2.20. The van der Waals surface area contributed by atoms with Crippen LogP contribution in [0, 0.1) is 0 Å². The molecule has 2 aromatic rings. The van der Waals surface area contributed by atoms with Gasteiger partial charge in [-0.2, -0.15) is 0 Å². The van der Waals surface area contributed by atoms with Crippen molar-refractivity contribution < 1.29 is 19.4 Å². The summed E-state index contributed by atoms with van der Waals surface area (Å²) in [5.74, 6) is -1.21. The molecule has 102 valence electrons. The van der Waals surface area contributed by atoms with Gasteiger partial charge in [0.05, 0.1) is 11.8 Å². The van der Waals surface area contributed by atoms with Crippen LogP contribution in [0.2, 0.25) is 0 Å². The summed E-state index contributed by atoms with van der Waals surface area (Å²) >= 11 is 0. The van der Waals surface area contributed by atoms with E-state index in [0.717, 1.165) is 0 Å². The average Bonchev–Trinajstić information content (AvgIpc) is 2.46. The summed E-state index contributed by atoms with van der Waals surface area (Å²) in [6, 6.07) is 10.3. The second-order valence-corrected chi connectivity index (χ2v) is 3.92. The zero-order valence-corrected chi connectivity index (χ0v) is 10.4. The van der Waals surface area contributed by atoms with Crippen molar-refractivity contribution in [3.05, 3.63) is 54.4 Å². The highest BCUT2D eigenvalue weighted by atomic mass is 16.5. The van der Waals surface area contributed by atoms with Crippen LogP contribution in [-0.4, -0.2) is 28.6 Å². The number of nitrogens with one attached hydrogen (secondary N) is 1. The van der Waals surface area contributed by atoms with Crippen molar-refractivity contribution in [3.63, 3.8) is 0 Å². The number of hydrogen-bond acceptors (Lipinski definition) is 4. The third kappa shape index (κ3) is 3.81. The van der Waals surface area contributed by atoms with Crippen molar-refractivity contribution in [1.29, 1.82) is 0 Å². The number of carbonyl (C=O) groups is 2. The molecule has 0 unspecified atom stereocenters. The Labute approximate surface area is 115 Å². The molecule has 0 aliphatic heterocycles. The number of pyridine rings is 1. The van der Waals surface area contributed by atoms with Gasteiger partial charge in [-0.15, -0.1) is 0 Å². The van der Waals surface area contributed by atoms with Crippen LogP contribution in [-0.2, 0) is 4.79 Å². The van der Waals surface area contributed by atoms with Gasteiger partial charge in [-0.1, -0.05) is 18.2 Å². The van der Waals surface area contributed by atoms with Gasteiger partial charge >= 0.3 is 5.97 Å². The first-order valence-electron chi connectivity index (χ1n) is 5.81. The van der Waals surface area contributed by atoms with E-state index in [9.17, 15) is 9.59 Å². The van der Waals surface area contributed by atoms with Crippen LogP contribution >= 0.6 is 0 Å². The predicted molar refractivity (Wildman–Crippen MR) is 71.8 cm³/mol. The van der Waals surface area contributed by atoms with E-state index < -0.39 is 5.97 Å². The molecule has 2 N–H and O–H groups in total. The van der Waals surface area contributed by atoms with E-state index in [4.69, 9.17) is 9.84 Å². The highest BCUT2D eigenvalue weighted by Crippen LogP contribution is 2.11. The smallest absolute Gasteiger partial charge is 0.337 e. The lowest BCUT2D eigenvalue weighted by atomic mass is 10.3. The molecule has 0 aliphatic carbocycles. The second-order valence-electron chi connectivity index (χ2n) is 3.92. The second kappa shape index (κ2) is 6.33. The number of carbonyl (C=O) groups excluding carboxylic acids is 1. The molecule has 0 radical (unpaired) electrons. The van der Waals surface area contributed by atoms with E-state index in [1.165, 1.54) is 18.5 Å². The molecule has 6 heteroatoms. The molecule has 0 spiro atoms. The molecule has 20 heavy (non-hydrogen) atoms. The molecular formula is C14H12N2O4. The first-order chi connectivity index (χ1) is 9.65. The number of carboxylic acids is 1. The summed E-state index contributed by atoms with van der Waals surface area (Å²) in [4.78, 5) is 26.1. The topological polar surface area (TPSA) is 88.5 Å². The molecule has 2 rings (SSSR count). The Kier molecular flexibility index (Phi) is 4.28. The fourth-order valence-corrected chi connectivity index (χ4v) is 1.48. The van der Waals surface area contributed by atoms with Gasteiger partial charge in [0.1, 0.15) is 5.75 Å². The predicted octanol–water partition coefficient (Wildman–Crippen LogP) is 1.80. The third-order valence-corrected chi connectivity index (χ3v) is 2.39. The van der Waals surface area contributed by atoms with Crippen LogP contribution in [0.25, 0.3) is 0 Å². The van der Waals surface area contributed by atoms with Crippen molar-refractivity contribution >= 4 is 17.6 Å². The van der Waals surface area contributed by atoms with E-state index >= 15 is 0 Å². The molecule has 0 saturated heterocycles. The molecule has 0 atom stereocenters. The molecule has 1 amide bonds. The molecular weight excluding hydrogens is 260 g/mol. The Balaban J connectivity index is 1.90. The van der Waals surface area contributed by atoms with Crippen LogP contribution in [0.1, 0.15) is 10.4 Å². The van der Waals surface area contributed by atoms with Gasteiger partial charge < -0.3 is 15.2 Å². The third-order valence-electron chi connectivity index (χ3n) is 2.39. The number of carboxylic acid groups (broad SMARTS) is 1. The highest BCUT2D eigenvalue weighted by molar-refractivity contribution is 5.92. The van der Waals surface area contributed by atoms with Crippen molar-refractivity contribution in [2.45, 2.75) is 0 Å². The quantitative estimate of drug-likeness (QED) is 0.866. The summed E-state index contributed by atoms with van der Waals surface area (Å²) in [6.45, 7) is -0.223. The lowest BCUT2D eigenvalue weighted by molar-refractivity contribution is -0.118. The molecule has 6 nitrogen and oxygen atoms in total. The van der Waals surface area contributed by atoms with Gasteiger partial charge in [-0.3, -0.25) is 9.78 Å². The van der Waals surface area contributed by atoms with Crippen LogP contribution in [0.15, 0.2) is 48.8 Å². The van der Waals surface area contributed by atoms with Crippen LogP contribution in [0.4, 0.5) is 5.69 Å². The molecule has 0 bridgehead atoms. The van der Waals surface area contributed by atoms with E-state index in [1.807, 2.05) is 6.07 Å². The number of amides is 1. The standard InChI is InChI=1S/C14H12N2O4/c17-13(16-11-4-2-1-3-5-11)9-20-12-6-10(14(18)19)7-15-8-12/h1-8H,9H2,(H,16,17)(H,18,19). The maximum absolute atomic E-state index is 11.6. The van der Waals surface area contributed by atoms with E-state index in [2.05, 4.69) is 10.3 Å². The van der Waals surface area contributed by atoms with Gasteiger partial charge in [0.2, 0.25) is 0 Å². The average molecular weight is 272 g/mol. The van der Waals surface area contributed by atoms with E-state index in [1.54, 1.807) is 24.3 Å². The zero-order valence-electron chi connectivity index (χ0n) is 10.4. The number of aromatic carboxylic acids is 1. The number of ether oxygens (including phenoxy) is 1. The van der Waals surface area contributed by atoms with Crippen molar-refractivity contribution in [2.75, 3.05) is 11.9 Å². The largest absolute Gasteiger partial charge is 0.482 e. The minimum Gasteiger partial charge on any atom is -0.482 e. The van der Waals surface area contributed by atoms with Crippen molar-refractivity contribution in [3.8, 4) is 5.75 Å². The highest BCUT2D eigenvalue weighted by Gasteiger charge is 2.07. The van der Waals surface area contributed by atoms with Gasteiger partial charge in [0, 0.05) is 11.9 Å². The summed E-state index contributed by atoms with van der Waals surface area (Å²) in [5.41, 5.74) is 0.671. The van der Waals surface area contributed by atoms with Gasteiger partial charge in [-0.25, -0.2) is 4.79 Å². The molecule has 0 aliphatic rings. The Bertz CT molecular complexity index is 614. The fourth-order valence-electron chi connectivity index (χ4n) is 1.48. The monoisotopic (exact) mass is 272 g/mol. The van der Waals surface area contributed by atoms with Gasteiger partial charge in [0.25, 0.3) is 5.91 Å². The van der Waals surface area contributed by atoms with E-state index in [-0.39, 0.29) is 23.8 Å². The number of hydrogen-bond donors (Lipinski definition) is 2. The lowest BCUT2D eigenvalue weighted by Gasteiger charge is -2.07. The number of anilines is 1. The maximum Gasteiger partial charge on any atom is 0.337 e. The number of para-hydroxylation sites is 1. The Morgan fingerprint density at radius 2 is 1.95 bits per heavy atom. The Morgan fingerprint density at radius 3 is 2.65 bits per heavy atom. The number of nitrogens with zero attached hydrogens (tertiary/aromatic N) is 1. The van der Waals surface area contributed by atoms with Crippen molar-refractivity contribution in [2.24, 2.45) is 0 Å². The maximum atomic E-state index is 11.6. The summed E-state index contributed by atoms with van der Waals surface area (Å²) in [7, 11) is 0. The van der Waals surface area contributed by atoms with Crippen molar-refractivity contribution in [1.82, 2.24) is 4.98 Å². The number of aromatic nitrogens is 1. The molecule has 1 aromatic carbocycles. The first kappa shape index (κ1) is 13.5. The van der Waals surface area contributed by atoms with E-state index in [0.29, 0.717) is 5.69 Å².